The number of alkyl halides is 6. The largest absolute Gasteiger partial charge is 0.416 e. The molecule has 0 aromatic heterocycles. The van der Waals surface area contributed by atoms with Crippen molar-refractivity contribution >= 4 is 0 Å². The second kappa shape index (κ2) is 8.61. The molecule has 0 saturated carbocycles. The fourth-order valence-corrected chi connectivity index (χ4v) is 3.24. The fraction of sp³-hybridized carbons (Fsp3) is 0.364. The van der Waals surface area contributed by atoms with Gasteiger partial charge in [-0.2, -0.15) is 26.3 Å². The van der Waals surface area contributed by atoms with E-state index in [0.29, 0.717) is 19.3 Å². The van der Waals surface area contributed by atoms with E-state index in [1.165, 1.54) is 0 Å². The van der Waals surface area contributed by atoms with E-state index in [9.17, 15) is 26.3 Å². The molecule has 0 aliphatic heterocycles. The van der Waals surface area contributed by atoms with Gasteiger partial charge in [-0.1, -0.05) is 49.8 Å². The average Bonchev–Trinajstić information content (AvgIpc) is 2.66. The zero-order valence-electron chi connectivity index (χ0n) is 15.9. The summed E-state index contributed by atoms with van der Waals surface area (Å²) in [4.78, 5) is 0. The van der Waals surface area contributed by atoms with Gasteiger partial charge in [-0.15, -0.1) is 6.58 Å². The van der Waals surface area contributed by atoms with Crippen LogP contribution in [0.3, 0.4) is 0 Å². The van der Waals surface area contributed by atoms with Gasteiger partial charge in [0.2, 0.25) is 0 Å². The molecule has 29 heavy (non-hydrogen) atoms. The van der Waals surface area contributed by atoms with E-state index in [1.54, 1.807) is 13.0 Å². The van der Waals surface area contributed by atoms with Crippen molar-refractivity contribution in [2.75, 3.05) is 0 Å². The van der Waals surface area contributed by atoms with Gasteiger partial charge in [-0.25, -0.2) is 0 Å². The van der Waals surface area contributed by atoms with Crippen molar-refractivity contribution in [1.29, 1.82) is 0 Å². The Morgan fingerprint density at radius 2 is 1.41 bits per heavy atom. The highest BCUT2D eigenvalue weighted by Gasteiger charge is 2.37. The minimum atomic E-state index is -4.85. The Hall–Kier alpha value is -2.28. The Bertz CT molecular complexity index is 793. The van der Waals surface area contributed by atoms with Gasteiger partial charge in [0, 0.05) is 0 Å². The molecule has 2 rings (SSSR count). The Balaban J connectivity index is 2.18. The van der Waals surface area contributed by atoms with Crippen LogP contribution in [0, 0.1) is 0 Å². The lowest BCUT2D eigenvalue weighted by molar-refractivity contribution is -0.143. The van der Waals surface area contributed by atoms with Crippen LogP contribution in [0.4, 0.5) is 26.3 Å². The lowest BCUT2D eigenvalue weighted by Gasteiger charge is -2.27. The summed E-state index contributed by atoms with van der Waals surface area (Å²) in [6, 6.07) is 11.0. The maximum Gasteiger partial charge on any atom is 0.416 e. The third-order valence-corrected chi connectivity index (χ3v) is 5.08. The zero-order valence-corrected chi connectivity index (χ0v) is 15.9. The highest BCUT2D eigenvalue weighted by molar-refractivity contribution is 5.35. The number of nitrogens with two attached hydrogens (primary N) is 1. The van der Waals surface area contributed by atoms with Crippen LogP contribution in [0.1, 0.15) is 54.4 Å². The quantitative estimate of drug-likeness (QED) is 0.381. The normalized spacial score (nSPS) is 15.6. The zero-order chi connectivity index (χ0) is 21.9. The Labute approximate surface area is 166 Å². The van der Waals surface area contributed by atoms with Crippen molar-refractivity contribution in [3.05, 3.63) is 83.4 Å². The Morgan fingerprint density at radius 1 is 0.897 bits per heavy atom. The van der Waals surface area contributed by atoms with Crippen molar-refractivity contribution in [3.8, 4) is 0 Å². The van der Waals surface area contributed by atoms with Crippen LogP contribution >= 0.6 is 0 Å². The summed E-state index contributed by atoms with van der Waals surface area (Å²) in [5.41, 5.74) is 3.84. The molecular weight excluding hydrogens is 392 g/mol. The highest BCUT2D eigenvalue weighted by Crippen LogP contribution is 2.38. The molecule has 0 fully saturated rings. The van der Waals surface area contributed by atoms with Gasteiger partial charge in [0.1, 0.15) is 0 Å². The summed E-state index contributed by atoms with van der Waals surface area (Å²) in [6.45, 7) is 5.38. The summed E-state index contributed by atoms with van der Waals surface area (Å²) >= 11 is 0. The molecular formula is C22H23F6N. The molecule has 2 N–H and O–H groups in total. The average molecular weight is 415 g/mol. The summed E-state index contributed by atoms with van der Waals surface area (Å²) < 4.78 is 78.3. The second-order valence-electron chi connectivity index (χ2n) is 7.24. The topological polar surface area (TPSA) is 26.0 Å². The molecule has 0 heterocycles. The number of hydrogen-bond donors (Lipinski definition) is 1. The van der Waals surface area contributed by atoms with E-state index >= 15 is 0 Å². The van der Waals surface area contributed by atoms with E-state index < -0.39 is 34.9 Å². The summed E-state index contributed by atoms with van der Waals surface area (Å²) in [5.74, 6) is -0.497. The number of halogens is 6. The van der Waals surface area contributed by atoms with Crippen LogP contribution in [0.15, 0.2) is 61.2 Å². The summed E-state index contributed by atoms with van der Waals surface area (Å²) in [7, 11) is 0. The van der Waals surface area contributed by atoms with Crippen LogP contribution in [0.2, 0.25) is 0 Å². The molecule has 0 radical (unpaired) electrons. The molecule has 2 atom stereocenters. The van der Waals surface area contributed by atoms with E-state index in [0.717, 1.165) is 17.7 Å². The predicted molar refractivity (Wildman–Crippen MR) is 101 cm³/mol. The monoisotopic (exact) mass is 415 g/mol. The predicted octanol–water partition coefficient (Wildman–Crippen LogP) is 7.04. The number of benzene rings is 2. The van der Waals surface area contributed by atoms with Gasteiger partial charge < -0.3 is 5.73 Å². The first-order valence-corrected chi connectivity index (χ1v) is 9.14. The van der Waals surface area contributed by atoms with Crippen molar-refractivity contribution in [2.45, 2.75) is 50.0 Å². The third kappa shape index (κ3) is 5.85. The third-order valence-electron chi connectivity index (χ3n) is 5.08. The number of rotatable bonds is 7. The molecule has 0 bridgehead atoms. The molecule has 0 aliphatic rings. The maximum absolute atomic E-state index is 13.0. The molecule has 1 nitrogen and oxygen atoms in total. The van der Waals surface area contributed by atoms with Crippen molar-refractivity contribution < 1.29 is 26.3 Å². The fourth-order valence-electron chi connectivity index (χ4n) is 3.24. The molecule has 0 aliphatic carbocycles. The van der Waals surface area contributed by atoms with Crippen LogP contribution in [0.25, 0.3) is 0 Å². The van der Waals surface area contributed by atoms with Crippen LogP contribution in [-0.2, 0) is 17.9 Å². The standard InChI is InChI=1S/C22H23F6N/c1-3-20(29,17-9-5-4-6-10-17)11-7-8-15(2)16-12-18(21(23,24)25)14-19(13-16)22(26,27)28/h3-6,9-10,12-15H,1,7-8,11,29H2,2H3/t15-,20+/m0/s1. The molecule has 2 aromatic carbocycles. The minimum Gasteiger partial charge on any atom is -0.318 e. The second-order valence-corrected chi connectivity index (χ2v) is 7.24. The van der Waals surface area contributed by atoms with Crippen molar-refractivity contribution in [1.82, 2.24) is 0 Å². The lowest BCUT2D eigenvalue weighted by Crippen LogP contribution is -2.34. The van der Waals surface area contributed by atoms with E-state index in [-0.39, 0.29) is 11.6 Å². The SMILES string of the molecule is C=C[C@@](N)(CCC[C@H](C)c1cc(C(F)(F)F)cc(C(F)(F)F)c1)c1ccccc1. The number of hydrogen-bond acceptors (Lipinski definition) is 1. The van der Waals surface area contributed by atoms with Crippen molar-refractivity contribution in [3.63, 3.8) is 0 Å². The molecule has 0 saturated heterocycles. The molecule has 0 unspecified atom stereocenters. The molecule has 0 amide bonds. The maximum atomic E-state index is 13.0. The molecule has 158 valence electrons. The van der Waals surface area contributed by atoms with Gasteiger partial charge in [-0.3, -0.25) is 0 Å². The van der Waals surface area contributed by atoms with Crippen LogP contribution in [0.5, 0.6) is 0 Å². The van der Waals surface area contributed by atoms with Crippen molar-refractivity contribution in [2.24, 2.45) is 5.73 Å². The van der Waals surface area contributed by atoms with Gasteiger partial charge in [0.25, 0.3) is 0 Å². The van der Waals surface area contributed by atoms with E-state index in [2.05, 4.69) is 6.58 Å². The first-order valence-electron chi connectivity index (χ1n) is 9.14. The molecule has 7 heteroatoms. The van der Waals surface area contributed by atoms with Gasteiger partial charge in [-0.05, 0) is 48.1 Å². The van der Waals surface area contributed by atoms with E-state index in [4.69, 9.17) is 5.73 Å². The van der Waals surface area contributed by atoms with E-state index in [1.807, 2.05) is 30.3 Å². The van der Waals surface area contributed by atoms with Gasteiger partial charge >= 0.3 is 12.4 Å². The summed E-state index contributed by atoms with van der Waals surface area (Å²) in [6.07, 6.45) is -6.72. The lowest BCUT2D eigenvalue weighted by atomic mass is 9.84. The first-order chi connectivity index (χ1) is 13.4. The summed E-state index contributed by atoms with van der Waals surface area (Å²) in [5, 5.41) is 0. The highest BCUT2D eigenvalue weighted by atomic mass is 19.4. The molecule has 0 spiro atoms. The van der Waals surface area contributed by atoms with Crippen LogP contribution in [-0.4, -0.2) is 0 Å². The Morgan fingerprint density at radius 3 is 1.86 bits per heavy atom. The minimum absolute atomic E-state index is 0.00749. The smallest absolute Gasteiger partial charge is 0.318 e. The van der Waals surface area contributed by atoms with Gasteiger partial charge in [0.05, 0.1) is 16.7 Å². The van der Waals surface area contributed by atoms with Gasteiger partial charge in [0.15, 0.2) is 0 Å². The Kier molecular flexibility index (Phi) is 6.83. The molecule has 2 aromatic rings. The first kappa shape index (κ1) is 23.0. The van der Waals surface area contributed by atoms with Crippen LogP contribution < -0.4 is 5.73 Å².